The maximum absolute atomic E-state index is 13.5. The van der Waals surface area contributed by atoms with Gasteiger partial charge in [0, 0.05) is 50.7 Å². The zero-order valence-corrected chi connectivity index (χ0v) is 17.9. The van der Waals surface area contributed by atoms with Gasteiger partial charge in [0.2, 0.25) is 5.95 Å². The fraction of sp³-hybridized carbons (Fsp3) is 0.304. The Balaban J connectivity index is 1.44. The molecule has 2 N–H and O–H groups in total. The number of aromatic nitrogens is 6. The van der Waals surface area contributed by atoms with E-state index >= 15 is 0 Å². The van der Waals surface area contributed by atoms with E-state index in [4.69, 9.17) is 10.7 Å². The van der Waals surface area contributed by atoms with Crippen LogP contribution in [0.1, 0.15) is 24.6 Å². The molecule has 0 unspecified atom stereocenters. The van der Waals surface area contributed by atoms with Gasteiger partial charge in [0.25, 0.3) is 0 Å². The van der Waals surface area contributed by atoms with E-state index in [1.807, 2.05) is 30.3 Å². The van der Waals surface area contributed by atoms with E-state index in [9.17, 15) is 4.39 Å². The molecular formula is C23H25FN8. The van der Waals surface area contributed by atoms with Crippen LogP contribution in [0.4, 0.5) is 10.3 Å². The van der Waals surface area contributed by atoms with Crippen LogP contribution in [-0.4, -0.2) is 47.3 Å². The summed E-state index contributed by atoms with van der Waals surface area (Å²) in [5.41, 5.74) is 10.3. The first kappa shape index (κ1) is 20.3. The summed E-state index contributed by atoms with van der Waals surface area (Å²) in [6.07, 6.45) is 7.34. The van der Waals surface area contributed by atoms with E-state index in [1.54, 1.807) is 18.3 Å². The Bertz CT molecular complexity index is 1200. The molecule has 4 heterocycles. The first-order valence-electron chi connectivity index (χ1n) is 10.7. The summed E-state index contributed by atoms with van der Waals surface area (Å²) in [4.78, 5) is 15.6. The van der Waals surface area contributed by atoms with Crippen LogP contribution in [-0.2, 0) is 13.6 Å². The van der Waals surface area contributed by atoms with Gasteiger partial charge in [-0.1, -0.05) is 0 Å². The molecule has 164 valence electrons. The molecule has 9 heteroatoms. The zero-order chi connectivity index (χ0) is 22.1. The smallest absolute Gasteiger partial charge is 0.220 e. The van der Waals surface area contributed by atoms with E-state index < -0.39 is 0 Å². The molecule has 32 heavy (non-hydrogen) atoms. The van der Waals surface area contributed by atoms with Gasteiger partial charge in [-0.15, -0.1) is 0 Å². The largest absolute Gasteiger partial charge is 0.368 e. The highest BCUT2D eigenvalue weighted by Gasteiger charge is 2.26. The summed E-state index contributed by atoms with van der Waals surface area (Å²) in [5, 5.41) is 4.27. The molecular weight excluding hydrogens is 407 g/mol. The Kier molecular flexibility index (Phi) is 5.40. The molecule has 1 saturated heterocycles. The minimum absolute atomic E-state index is 0.214. The standard InChI is InChI=1S/C23H25FN8/c1-30-19(6-11-28-30)14-31-12-8-18(9-13-31)32-15-27-21(16-2-4-17(24)5-3-16)22(32)20-7-10-26-23(25)29-20/h2-7,10-11,15,18H,8-9,12-14H2,1H3,(H2,25,26,29). The molecule has 0 aliphatic carbocycles. The number of piperidine rings is 1. The van der Waals surface area contributed by atoms with Gasteiger partial charge >= 0.3 is 0 Å². The lowest BCUT2D eigenvalue weighted by Crippen LogP contribution is -2.34. The monoisotopic (exact) mass is 432 g/mol. The predicted molar refractivity (Wildman–Crippen MR) is 120 cm³/mol. The lowest BCUT2D eigenvalue weighted by atomic mass is 10.0. The van der Waals surface area contributed by atoms with Gasteiger partial charge in [0.05, 0.1) is 29.1 Å². The van der Waals surface area contributed by atoms with Crippen LogP contribution in [0.5, 0.6) is 0 Å². The van der Waals surface area contributed by atoms with Crippen LogP contribution >= 0.6 is 0 Å². The topological polar surface area (TPSA) is 90.7 Å². The number of hydrogen-bond donors (Lipinski definition) is 1. The molecule has 5 rings (SSSR count). The van der Waals surface area contributed by atoms with Gasteiger partial charge in [-0.2, -0.15) is 5.10 Å². The minimum atomic E-state index is -0.276. The fourth-order valence-corrected chi connectivity index (χ4v) is 4.36. The van der Waals surface area contributed by atoms with Gasteiger partial charge < -0.3 is 10.3 Å². The van der Waals surface area contributed by atoms with Crippen molar-refractivity contribution in [2.24, 2.45) is 7.05 Å². The number of rotatable bonds is 5. The van der Waals surface area contributed by atoms with E-state index in [0.717, 1.165) is 49.4 Å². The summed E-state index contributed by atoms with van der Waals surface area (Å²) in [5.74, 6) is -0.0619. The average Bonchev–Trinajstić information content (AvgIpc) is 3.41. The molecule has 0 spiro atoms. The zero-order valence-electron chi connectivity index (χ0n) is 17.9. The predicted octanol–water partition coefficient (Wildman–Crippen LogP) is 3.30. The molecule has 0 radical (unpaired) electrons. The summed E-state index contributed by atoms with van der Waals surface area (Å²) < 4.78 is 17.6. The van der Waals surface area contributed by atoms with Crippen LogP contribution in [0.3, 0.4) is 0 Å². The van der Waals surface area contributed by atoms with Crippen molar-refractivity contribution in [1.82, 2.24) is 34.2 Å². The molecule has 0 saturated carbocycles. The SMILES string of the molecule is Cn1nccc1CN1CCC(n2cnc(-c3ccc(F)cc3)c2-c2ccnc(N)n2)CC1. The number of anilines is 1. The summed E-state index contributed by atoms with van der Waals surface area (Å²) in [7, 11) is 1.98. The number of aryl methyl sites for hydroxylation is 1. The molecule has 0 amide bonds. The van der Waals surface area contributed by atoms with E-state index in [0.29, 0.717) is 5.69 Å². The highest BCUT2D eigenvalue weighted by Crippen LogP contribution is 2.35. The quantitative estimate of drug-likeness (QED) is 0.520. The Labute approximate surface area is 185 Å². The highest BCUT2D eigenvalue weighted by atomic mass is 19.1. The normalized spacial score (nSPS) is 15.3. The lowest BCUT2D eigenvalue weighted by Gasteiger charge is -2.33. The van der Waals surface area contributed by atoms with Crippen molar-refractivity contribution in [1.29, 1.82) is 0 Å². The van der Waals surface area contributed by atoms with Crippen LogP contribution in [0.25, 0.3) is 22.6 Å². The maximum Gasteiger partial charge on any atom is 0.220 e. The average molecular weight is 433 g/mol. The molecule has 4 aromatic rings. The van der Waals surface area contributed by atoms with Crippen molar-refractivity contribution < 1.29 is 4.39 Å². The number of likely N-dealkylation sites (tertiary alicyclic amines) is 1. The van der Waals surface area contributed by atoms with Crippen molar-refractivity contribution >= 4 is 5.95 Å². The Hall–Kier alpha value is -3.59. The number of nitrogen functional groups attached to an aromatic ring is 1. The molecule has 1 aliphatic rings. The molecule has 0 bridgehead atoms. The van der Waals surface area contributed by atoms with Gasteiger partial charge in [-0.3, -0.25) is 9.58 Å². The van der Waals surface area contributed by atoms with Gasteiger partial charge in [-0.25, -0.2) is 19.3 Å². The van der Waals surface area contributed by atoms with Crippen molar-refractivity contribution in [2.45, 2.75) is 25.4 Å². The van der Waals surface area contributed by atoms with Crippen molar-refractivity contribution in [3.63, 3.8) is 0 Å². The Morgan fingerprint density at radius 2 is 1.81 bits per heavy atom. The van der Waals surface area contributed by atoms with E-state index in [-0.39, 0.29) is 17.8 Å². The van der Waals surface area contributed by atoms with Crippen molar-refractivity contribution in [3.8, 4) is 22.6 Å². The lowest BCUT2D eigenvalue weighted by molar-refractivity contribution is 0.176. The molecule has 0 atom stereocenters. The van der Waals surface area contributed by atoms with Crippen LogP contribution in [0, 0.1) is 5.82 Å². The maximum atomic E-state index is 13.5. The Morgan fingerprint density at radius 3 is 2.50 bits per heavy atom. The molecule has 1 fully saturated rings. The number of halogens is 1. The molecule has 1 aromatic carbocycles. The number of nitrogens with zero attached hydrogens (tertiary/aromatic N) is 7. The van der Waals surface area contributed by atoms with Gasteiger partial charge in [0.1, 0.15) is 5.82 Å². The summed E-state index contributed by atoms with van der Waals surface area (Å²) in [6.45, 7) is 2.85. The third-order valence-corrected chi connectivity index (χ3v) is 6.09. The number of nitrogens with two attached hydrogens (primary N) is 1. The number of benzene rings is 1. The first-order valence-corrected chi connectivity index (χ1v) is 10.7. The molecule has 1 aliphatic heterocycles. The van der Waals surface area contributed by atoms with Gasteiger partial charge in [0.15, 0.2) is 0 Å². The third-order valence-electron chi connectivity index (χ3n) is 6.09. The second kappa shape index (κ2) is 8.51. The fourth-order valence-electron chi connectivity index (χ4n) is 4.36. The van der Waals surface area contributed by atoms with E-state index in [1.165, 1.54) is 17.8 Å². The number of imidazole rings is 1. The second-order valence-electron chi connectivity index (χ2n) is 8.11. The molecule has 3 aromatic heterocycles. The highest BCUT2D eigenvalue weighted by molar-refractivity contribution is 5.77. The minimum Gasteiger partial charge on any atom is -0.368 e. The van der Waals surface area contributed by atoms with Crippen molar-refractivity contribution in [3.05, 3.63) is 66.6 Å². The van der Waals surface area contributed by atoms with Crippen LogP contribution in [0.2, 0.25) is 0 Å². The van der Waals surface area contributed by atoms with Crippen LogP contribution in [0.15, 0.2) is 55.1 Å². The van der Waals surface area contributed by atoms with E-state index in [2.05, 4.69) is 30.6 Å². The Morgan fingerprint density at radius 1 is 1.03 bits per heavy atom. The number of hydrogen-bond acceptors (Lipinski definition) is 6. The summed E-state index contributed by atoms with van der Waals surface area (Å²) in [6, 6.07) is 10.6. The van der Waals surface area contributed by atoms with Gasteiger partial charge in [-0.05, 0) is 49.2 Å². The third kappa shape index (κ3) is 3.99. The summed E-state index contributed by atoms with van der Waals surface area (Å²) >= 11 is 0. The van der Waals surface area contributed by atoms with Crippen LogP contribution < -0.4 is 5.73 Å². The molecule has 8 nitrogen and oxygen atoms in total. The first-order chi connectivity index (χ1) is 15.6. The van der Waals surface area contributed by atoms with Crippen molar-refractivity contribution in [2.75, 3.05) is 18.8 Å². The second-order valence-corrected chi connectivity index (χ2v) is 8.11.